The first kappa shape index (κ1) is 27.4. The second kappa shape index (κ2) is 12.2. The Morgan fingerprint density at radius 3 is 2.37 bits per heavy atom. The van der Waals surface area contributed by atoms with Gasteiger partial charge >= 0.3 is 0 Å². The van der Waals surface area contributed by atoms with Crippen molar-refractivity contribution < 1.29 is 19.4 Å². The molecular weight excluding hydrogens is 458 g/mol. The van der Waals surface area contributed by atoms with Gasteiger partial charge in [0.25, 0.3) is 0 Å². The molecule has 1 heterocycles. The molecule has 5 nitrogen and oxygen atoms in total. The predicted molar refractivity (Wildman–Crippen MR) is 143 cm³/mol. The Hall–Kier alpha value is -2.18. The molecule has 0 aliphatic heterocycles. The van der Waals surface area contributed by atoms with Crippen LogP contribution in [-0.4, -0.2) is 36.6 Å². The second-order valence-electron chi connectivity index (χ2n) is 10.2. The molecule has 0 spiro atoms. The van der Waals surface area contributed by atoms with Crippen molar-refractivity contribution in [3.05, 3.63) is 49.7 Å². The van der Waals surface area contributed by atoms with Crippen molar-refractivity contribution in [3.63, 3.8) is 0 Å². The molecule has 0 atom stereocenters. The van der Waals surface area contributed by atoms with Gasteiger partial charge < -0.3 is 15.2 Å². The van der Waals surface area contributed by atoms with Gasteiger partial charge in [-0.15, -0.1) is 11.3 Å². The summed E-state index contributed by atoms with van der Waals surface area (Å²) in [6.07, 6.45) is 7.17. The summed E-state index contributed by atoms with van der Waals surface area (Å²) in [5.74, 6) is 0.759. The zero-order chi connectivity index (χ0) is 25.6. The fraction of sp³-hybridized carbons (Fsp3) is 0.586. The van der Waals surface area contributed by atoms with Crippen LogP contribution in [0, 0.1) is 5.41 Å². The van der Waals surface area contributed by atoms with E-state index in [4.69, 9.17) is 9.84 Å². The topological polar surface area (TPSA) is 75.6 Å². The minimum absolute atomic E-state index is 0.279. The van der Waals surface area contributed by atoms with Crippen molar-refractivity contribution in [3.8, 4) is 5.75 Å². The van der Waals surface area contributed by atoms with Crippen LogP contribution in [0.3, 0.4) is 0 Å². The summed E-state index contributed by atoms with van der Waals surface area (Å²) in [5, 5.41) is 11.4. The molecule has 0 radical (unpaired) electrons. The van der Waals surface area contributed by atoms with Gasteiger partial charge in [-0.3, -0.25) is 9.59 Å². The van der Waals surface area contributed by atoms with Crippen LogP contribution in [0.1, 0.15) is 89.8 Å². The molecule has 6 heteroatoms. The van der Waals surface area contributed by atoms with Gasteiger partial charge in [0.1, 0.15) is 19.0 Å². The first-order chi connectivity index (χ1) is 16.7. The lowest BCUT2D eigenvalue weighted by molar-refractivity contribution is -0.123. The maximum atomic E-state index is 13.3. The molecule has 0 bridgehead atoms. The third-order valence-electron chi connectivity index (χ3n) is 7.00. The number of aliphatic hydroxyl groups is 1. The molecule has 2 aromatic rings. The molecule has 35 heavy (non-hydrogen) atoms. The minimum Gasteiger partial charge on any atom is -0.491 e. The van der Waals surface area contributed by atoms with E-state index in [-0.39, 0.29) is 5.78 Å². The minimum atomic E-state index is -0.514. The average molecular weight is 500 g/mol. The summed E-state index contributed by atoms with van der Waals surface area (Å²) in [7, 11) is 0. The maximum Gasteiger partial charge on any atom is 0.245 e. The number of hydrogen-bond acceptors (Lipinski definition) is 5. The molecular formula is C29H41NO4S. The third-order valence-corrected chi connectivity index (χ3v) is 8.46. The van der Waals surface area contributed by atoms with E-state index >= 15 is 0 Å². The van der Waals surface area contributed by atoms with Gasteiger partial charge in [-0.1, -0.05) is 46.8 Å². The van der Waals surface area contributed by atoms with Crippen LogP contribution in [0.15, 0.2) is 12.1 Å². The molecule has 1 aromatic carbocycles. The van der Waals surface area contributed by atoms with Gasteiger partial charge in [-0.2, -0.15) is 0 Å². The third kappa shape index (κ3) is 6.73. The molecule has 0 saturated heterocycles. The maximum absolute atomic E-state index is 13.3. The summed E-state index contributed by atoms with van der Waals surface area (Å²) in [5.41, 5.74) is 6.54. The Morgan fingerprint density at radius 2 is 1.77 bits per heavy atom. The van der Waals surface area contributed by atoms with E-state index in [0.717, 1.165) is 66.7 Å². The van der Waals surface area contributed by atoms with Crippen molar-refractivity contribution in [2.45, 2.75) is 86.0 Å². The molecule has 0 unspecified atom stereocenters. The van der Waals surface area contributed by atoms with E-state index in [1.165, 1.54) is 21.6 Å². The fourth-order valence-corrected chi connectivity index (χ4v) is 6.29. The molecule has 2 N–H and O–H groups in total. The first-order valence-electron chi connectivity index (χ1n) is 13.0. The van der Waals surface area contributed by atoms with Crippen molar-refractivity contribution in [1.29, 1.82) is 0 Å². The molecule has 3 rings (SSSR count). The monoisotopic (exact) mass is 499 g/mol. The molecule has 0 saturated carbocycles. The van der Waals surface area contributed by atoms with Crippen LogP contribution in [0.5, 0.6) is 5.75 Å². The van der Waals surface area contributed by atoms with Crippen LogP contribution in [0.25, 0.3) is 0 Å². The lowest BCUT2D eigenvalue weighted by Crippen LogP contribution is -2.30. The molecule has 1 aliphatic carbocycles. The molecule has 1 aromatic heterocycles. The summed E-state index contributed by atoms with van der Waals surface area (Å²) >= 11 is 1.74. The van der Waals surface area contributed by atoms with E-state index in [1.54, 1.807) is 11.3 Å². The predicted octanol–water partition coefficient (Wildman–Crippen LogP) is 5.25. The number of Topliss-reactive ketones (excluding diaryl/α,β-unsaturated/α-hetero) is 1. The number of amides is 1. The largest absolute Gasteiger partial charge is 0.491 e. The summed E-state index contributed by atoms with van der Waals surface area (Å²) < 4.78 is 6.03. The van der Waals surface area contributed by atoms with Crippen LogP contribution in [-0.2, 0) is 43.3 Å². The SMILES string of the molecule is CCc1cc(CCC(=O)c2sc(CC)c3c2CCC(C)(C)C3)cc(CC)c1OCCNC(=O)CO. The number of carbonyl (C=O) groups is 2. The van der Waals surface area contributed by atoms with Crippen molar-refractivity contribution in [1.82, 2.24) is 5.32 Å². The highest BCUT2D eigenvalue weighted by atomic mass is 32.1. The fourth-order valence-electron chi connectivity index (χ4n) is 5.01. The highest BCUT2D eigenvalue weighted by Gasteiger charge is 2.31. The van der Waals surface area contributed by atoms with Gasteiger partial charge in [0.05, 0.1) is 11.4 Å². The molecule has 192 valence electrons. The number of ether oxygens (including phenoxy) is 1. The molecule has 1 aliphatic rings. The summed E-state index contributed by atoms with van der Waals surface area (Å²) in [6.45, 7) is 11.3. The van der Waals surface area contributed by atoms with Crippen molar-refractivity contribution in [2.24, 2.45) is 5.41 Å². The number of ketones is 1. The Bertz CT molecular complexity index is 1030. The smallest absolute Gasteiger partial charge is 0.245 e. The number of aliphatic hydroxyl groups excluding tert-OH is 1. The average Bonchev–Trinajstić information content (AvgIpc) is 3.21. The van der Waals surface area contributed by atoms with Crippen LogP contribution in [0.2, 0.25) is 0 Å². The quantitative estimate of drug-likeness (QED) is 0.309. The number of hydrogen-bond donors (Lipinski definition) is 2. The van der Waals surface area contributed by atoms with Gasteiger partial charge in [0.2, 0.25) is 5.91 Å². The molecule has 1 amide bonds. The number of fused-ring (bicyclic) bond motifs is 1. The first-order valence-corrected chi connectivity index (χ1v) is 13.9. The normalized spacial score (nSPS) is 14.5. The number of nitrogens with one attached hydrogen (secondary N) is 1. The number of thiophene rings is 1. The Morgan fingerprint density at radius 1 is 1.09 bits per heavy atom. The van der Waals surface area contributed by atoms with Crippen molar-refractivity contribution in [2.75, 3.05) is 19.8 Å². The second-order valence-corrected chi connectivity index (χ2v) is 11.3. The number of aryl methyl sites for hydroxylation is 4. The number of rotatable bonds is 12. The molecule has 0 fully saturated rings. The van der Waals surface area contributed by atoms with Crippen LogP contribution >= 0.6 is 11.3 Å². The summed E-state index contributed by atoms with van der Waals surface area (Å²) in [6, 6.07) is 4.33. The zero-order valence-corrected chi connectivity index (χ0v) is 22.8. The van der Waals surface area contributed by atoms with Gasteiger partial charge in [0.15, 0.2) is 5.78 Å². The highest BCUT2D eigenvalue weighted by molar-refractivity contribution is 7.14. The number of carbonyl (C=O) groups excluding carboxylic acids is 2. The number of benzene rings is 1. The Kier molecular flexibility index (Phi) is 9.54. The summed E-state index contributed by atoms with van der Waals surface area (Å²) in [4.78, 5) is 27.0. The van der Waals surface area contributed by atoms with Gasteiger partial charge in [-0.05, 0) is 78.2 Å². The van der Waals surface area contributed by atoms with E-state index in [1.807, 2.05) is 0 Å². The van der Waals surface area contributed by atoms with Gasteiger partial charge in [-0.25, -0.2) is 0 Å². The van der Waals surface area contributed by atoms with E-state index < -0.39 is 12.5 Å². The lowest BCUT2D eigenvalue weighted by atomic mass is 9.74. The van der Waals surface area contributed by atoms with E-state index in [9.17, 15) is 9.59 Å². The highest BCUT2D eigenvalue weighted by Crippen LogP contribution is 2.42. The van der Waals surface area contributed by atoms with Crippen molar-refractivity contribution >= 4 is 23.0 Å². The zero-order valence-electron chi connectivity index (χ0n) is 22.0. The van der Waals surface area contributed by atoms with Gasteiger partial charge in [0, 0.05) is 11.3 Å². The standard InChI is InChI=1S/C29H41NO4S/c1-6-20-15-19(16-21(7-2)27(20)34-14-13-30-26(33)18-31)9-10-24(32)28-22-11-12-29(4,5)17-23(22)25(8-3)35-28/h15-16,31H,6-14,17-18H2,1-5H3,(H,30,33). The Labute approximate surface area is 214 Å². The van der Waals surface area contributed by atoms with E-state index in [2.05, 4.69) is 52.1 Å². The van der Waals surface area contributed by atoms with E-state index in [0.29, 0.717) is 25.0 Å². The lowest BCUT2D eigenvalue weighted by Gasteiger charge is -2.30. The Balaban J connectivity index is 1.71. The van der Waals surface area contributed by atoms with Crippen LogP contribution < -0.4 is 10.1 Å². The van der Waals surface area contributed by atoms with Crippen LogP contribution in [0.4, 0.5) is 0 Å².